The molecule has 0 aliphatic carbocycles. The second kappa shape index (κ2) is 9.73. The lowest BCUT2D eigenvalue weighted by atomic mass is 10.1. The summed E-state index contributed by atoms with van der Waals surface area (Å²) in [7, 11) is -2.01. The number of anilines is 1. The molecule has 8 heteroatoms. The molecule has 6 nitrogen and oxygen atoms in total. The van der Waals surface area contributed by atoms with Gasteiger partial charge in [-0.25, -0.2) is 8.42 Å². The van der Waals surface area contributed by atoms with Gasteiger partial charge in [-0.05, 0) is 62.2 Å². The van der Waals surface area contributed by atoms with Crippen LogP contribution in [0.25, 0.3) is 0 Å². The zero-order valence-corrected chi connectivity index (χ0v) is 17.3. The molecule has 0 radical (unpaired) electrons. The van der Waals surface area contributed by atoms with Crippen molar-refractivity contribution < 1.29 is 13.2 Å². The number of rotatable bonds is 7. The summed E-state index contributed by atoms with van der Waals surface area (Å²) in [5, 5.41) is 2.83. The van der Waals surface area contributed by atoms with E-state index in [1.165, 1.54) is 35.6 Å². The molecule has 2 aromatic carbocycles. The minimum atomic E-state index is -3.55. The van der Waals surface area contributed by atoms with Gasteiger partial charge in [-0.1, -0.05) is 12.1 Å². The predicted octanol–water partition coefficient (Wildman–Crippen LogP) is 2.69. The molecule has 27 heavy (non-hydrogen) atoms. The summed E-state index contributed by atoms with van der Waals surface area (Å²) in [6.45, 7) is 4.10. The Morgan fingerprint density at radius 2 is 1.63 bits per heavy atom. The van der Waals surface area contributed by atoms with E-state index in [1.807, 2.05) is 24.3 Å². The molecule has 0 unspecified atom stereocenters. The monoisotopic (exact) mass is 411 g/mol. The first-order valence-corrected chi connectivity index (χ1v) is 9.86. The van der Waals surface area contributed by atoms with Gasteiger partial charge in [0.25, 0.3) is 5.91 Å². The Bertz CT molecular complexity index is 851. The molecule has 0 aliphatic rings. The van der Waals surface area contributed by atoms with Gasteiger partial charge < -0.3 is 11.1 Å². The molecule has 0 atom stereocenters. The summed E-state index contributed by atoms with van der Waals surface area (Å²) in [5.74, 6) is -0.235. The highest BCUT2D eigenvalue weighted by atomic mass is 35.5. The molecule has 3 N–H and O–H groups in total. The van der Waals surface area contributed by atoms with Crippen molar-refractivity contribution in [1.29, 1.82) is 0 Å². The van der Waals surface area contributed by atoms with Crippen LogP contribution in [-0.2, 0) is 16.4 Å². The highest BCUT2D eigenvalue weighted by Crippen LogP contribution is 2.17. The van der Waals surface area contributed by atoms with Gasteiger partial charge in [0.05, 0.1) is 4.90 Å². The number of nitrogens with one attached hydrogen (secondary N) is 1. The number of benzene rings is 2. The molecule has 0 bridgehead atoms. The van der Waals surface area contributed by atoms with E-state index in [-0.39, 0.29) is 29.3 Å². The van der Waals surface area contributed by atoms with E-state index in [0.29, 0.717) is 24.2 Å². The van der Waals surface area contributed by atoms with Crippen molar-refractivity contribution in [2.75, 3.05) is 19.3 Å². The molecule has 2 rings (SSSR count). The van der Waals surface area contributed by atoms with Crippen LogP contribution in [0.1, 0.15) is 29.8 Å². The number of carbonyl (C=O) groups excluding carboxylic acids is 1. The van der Waals surface area contributed by atoms with Crippen molar-refractivity contribution >= 4 is 34.0 Å². The average molecular weight is 412 g/mol. The van der Waals surface area contributed by atoms with Gasteiger partial charge >= 0.3 is 0 Å². The third-order valence-electron chi connectivity index (χ3n) is 4.20. The number of nitrogens with zero attached hydrogens (tertiary/aromatic N) is 1. The Hall–Kier alpha value is -2.09. The van der Waals surface area contributed by atoms with E-state index in [2.05, 4.69) is 5.32 Å². The fourth-order valence-electron chi connectivity index (χ4n) is 2.33. The van der Waals surface area contributed by atoms with Crippen molar-refractivity contribution in [1.82, 2.24) is 9.62 Å². The fraction of sp³-hybridized carbons (Fsp3) is 0.316. The van der Waals surface area contributed by atoms with Crippen LogP contribution in [-0.4, -0.2) is 38.3 Å². The standard InChI is InChI=1S/C19H25N3O3S.ClH/c1-14(2)22(3)26(24,25)18-10-6-16(7-11-18)19(23)21-13-12-15-4-8-17(20)9-5-15;/h4-11,14H,12-13,20H2,1-3H3,(H,21,23);1H. The number of carbonyl (C=O) groups is 1. The molecule has 0 aliphatic heterocycles. The number of amides is 1. The maximum atomic E-state index is 12.4. The summed E-state index contributed by atoms with van der Waals surface area (Å²) in [6, 6.07) is 13.3. The van der Waals surface area contributed by atoms with E-state index in [9.17, 15) is 13.2 Å². The first-order chi connectivity index (χ1) is 12.2. The summed E-state index contributed by atoms with van der Waals surface area (Å²) in [5.41, 5.74) is 7.85. The van der Waals surface area contributed by atoms with Gasteiger partial charge in [0.1, 0.15) is 0 Å². The van der Waals surface area contributed by atoms with E-state index in [4.69, 9.17) is 5.73 Å². The number of hydrogen-bond donors (Lipinski definition) is 2. The third kappa shape index (κ3) is 5.95. The first kappa shape index (κ1) is 23.0. The molecule has 0 saturated carbocycles. The lowest BCUT2D eigenvalue weighted by molar-refractivity contribution is 0.0954. The van der Waals surface area contributed by atoms with Gasteiger partial charge in [0.2, 0.25) is 10.0 Å². The lowest BCUT2D eigenvalue weighted by Gasteiger charge is -2.21. The zero-order valence-electron chi connectivity index (χ0n) is 15.7. The normalized spacial score (nSPS) is 11.3. The quantitative estimate of drug-likeness (QED) is 0.685. The van der Waals surface area contributed by atoms with Gasteiger partial charge in [0.15, 0.2) is 0 Å². The van der Waals surface area contributed by atoms with Crippen molar-refractivity contribution in [2.24, 2.45) is 0 Å². The highest BCUT2D eigenvalue weighted by molar-refractivity contribution is 7.89. The van der Waals surface area contributed by atoms with Crippen molar-refractivity contribution in [3.8, 4) is 0 Å². The van der Waals surface area contributed by atoms with E-state index >= 15 is 0 Å². The molecular formula is C19H26ClN3O3S. The minimum Gasteiger partial charge on any atom is -0.399 e. The largest absolute Gasteiger partial charge is 0.399 e. The number of sulfonamides is 1. The van der Waals surface area contributed by atoms with Crippen LogP contribution < -0.4 is 11.1 Å². The zero-order chi connectivity index (χ0) is 19.3. The second-order valence-electron chi connectivity index (χ2n) is 6.39. The molecule has 0 aromatic heterocycles. The highest BCUT2D eigenvalue weighted by Gasteiger charge is 2.23. The third-order valence-corrected chi connectivity index (χ3v) is 6.25. The second-order valence-corrected chi connectivity index (χ2v) is 8.38. The Morgan fingerprint density at radius 3 is 2.15 bits per heavy atom. The molecule has 0 saturated heterocycles. The van der Waals surface area contributed by atoms with Gasteiger partial charge in [-0.15, -0.1) is 12.4 Å². The molecule has 1 amide bonds. The Labute approximate surface area is 167 Å². The fourth-order valence-corrected chi connectivity index (χ4v) is 3.70. The lowest BCUT2D eigenvalue weighted by Crippen LogP contribution is -2.33. The van der Waals surface area contributed by atoms with Crippen LogP contribution in [0.5, 0.6) is 0 Å². The van der Waals surface area contributed by atoms with Gasteiger partial charge in [-0.3, -0.25) is 4.79 Å². The summed E-state index contributed by atoms with van der Waals surface area (Å²) in [4.78, 5) is 12.4. The van der Waals surface area contributed by atoms with Crippen molar-refractivity contribution in [3.63, 3.8) is 0 Å². The smallest absolute Gasteiger partial charge is 0.251 e. The molecule has 148 valence electrons. The number of hydrogen-bond acceptors (Lipinski definition) is 4. The maximum Gasteiger partial charge on any atom is 0.251 e. The molecule has 0 heterocycles. The Balaban J connectivity index is 0.00000364. The minimum absolute atomic E-state index is 0. The van der Waals surface area contributed by atoms with Gasteiger partial charge in [0, 0.05) is 30.9 Å². The van der Waals surface area contributed by atoms with E-state index < -0.39 is 10.0 Å². The Morgan fingerprint density at radius 1 is 1.07 bits per heavy atom. The van der Waals surface area contributed by atoms with Crippen LogP contribution in [0, 0.1) is 0 Å². The molecular weight excluding hydrogens is 386 g/mol. The van der Waals surface area contributed by atoms with Crippen LogP contribution in [0.2, 0.25) is 0 Å². The Kier molecular flexibility index (Phi) is 8.27. The topological polar surface area (TPSA) is 92.5 Å². The average Bonchev–Trinajstić information content (AvgIpc) is 2.62. The summed E-state index contributed by atoms with van der Waals surface area (Å²) < 4.78 is 26.1. The van der Waals surface area contributed by atoms with E-state index in [0.717, 1.165) is 5.56 Å². The van der Waals surface area contributed by atoms with Crippen molar-refractivity contribution in [3.05, 3.63) is 59.7 Å². The maximum absolute atomic E-state index is 12.4. The molecule has 2 aromatic rings. The van der Waals surface area contributed by atoms with Crippen LogP contribution >= 0.6 is 12.4 Å². The molecule has 0 spiro atoms. The number of nitrogen functional groups attached to an aromatic ring is 1. The summed E-state index contributed by atoms with van der Waals surface area (Å²) in [6.07, 6.45) is 0.692. The molecule has 0 fully saturated rings. The van der Waals surface area contributed by atoms with Gasteiger partial charge in [-0.2, -0.15) is 4.31 Å². The van der Waals surface area contributed by atoms with E-state index in [1.54, 1.807) is 13.8 Å². The van der Waals surface area contributed by atoms with Crippen LogP contribution in [0.4, 0.5) is 5.69 Å². The predicted molar refractivity (Wildman–Crippen MR) is 111 cm³/mol. The first-order valence-electron chi connectivity index (χ1n) is 8.42. The van der Waals surface area contributed by atoms with Crippen molar-refractivity contribution in [2.45, 2.75) is 31.2 Å². The summed E-state index contributed by atoms with van der Waals surface area (Å²) >= 11 is 0. The number of nitrogens with two attached hydrogens (primary N) is 1. The van der Waals surface area contributed by atoms with Crippen LogP contribution in [0.3, 0.4) is 0 Å². The SMILES string of the molecule is CC(C)N(C)S(=O)(=O)c1ccc(C(=O)NCCc2ccc(N)cc2)cc1.Cl. The van der Waals surface area contributed by atoms with Crippen LogP contribution in [0.15, 0.2) is 53.4 Å². The number of halogens is 1.